The molecule has 25 heavy (non-hydrogen) atoms. The number of para-hydroxylation sites is 1. The molecule has 3 amide bonds. The molecule has 1 aliphatic heterocycles. The first-order chi connectivity index (χ1) is 12.0. The fraction of sp³-hybridized carbons (Fsp3) is 0.471. The molecule has 2 heterocycles. The largest absolute Gasteiger partial charge is 0.449 e. The first-order valence-corrected chi connectivity index (χ1v) is 8.36. The maximum atomic E-state index is 12.4. The average Bonchev–Trinajstić information content (AvgIpc) is 3.03. The standard InChI is InChI=1S/C17H22N4O4/c1-12(2)11-24-17(23)21-9-7-20(8-10-21)16(22)18-15-13-5-3-4-6-14(13)25-19-15/h3-6,12H,7-11H2,1-2H3,(H,18,19,22). The molecular formula is C17H22N4O4. The molecule has 0 radical (unpaired) electrons. The third kappa shape index (κ3) is 4.01. The maximum absolute atomic E-state index is 12.4. The second-order valence-electron chi connectivity index (χ2n) is 6.40. The van der Waals surface area contributed by atoms with Crippen LogP contribution in [0.4, 0.5) is 15.4 Å². The zero-order valence-electron chi connectivity index (χ0n) is 14.4. The van der Waals surface area contributed by atoms with Crippen LogP contribution in [0.1, 0.15) is 13.8 Å². The lowest BCUT2D eigenvalue weighted by atomic mass is 10.2. The smallest absolute Gasteiger partial charge is 0.409 e. The monoisotopic (exact) mass is 346 g/mol. The summed E-state index contributed by atoms with van der Waals surface area (Å²) in [5.41, 5.74) is 0.621. The van der Waals surface area contributed by atoms with Crippen molar-refractivity contribution in [3.8, 4) is 0 Å². The summed E-state index contributed by atoms with van der Waals surface area (Å²) in [5.74, 6) is 0.702. The van der Waals surface area contributed by atoms with Gasteiger partial charge in [-0.3, -0.25) is 5.32 Å². The number of benzene rings is 1. The summed E-state index contributed by atoms with van der Waals surface area (Å²) in [6.07, 6.45) is -0.323. The van der Waals surface area contributed by atoms with E-state index in [0.717, 1.165) is 5.39 Å². The van der Waals surface area contributed by atoms with Crippen LogP contribution in [0.15, 0.2) is 28.8 Å². The Morgan fingerprint density at radius 2 is 1.88 bits per heavy atom. The van der Waals surface area contributed by atoms with Crippen molar-refractivity contribution in [3.63, 3.8) is 0 Å². The number of fused-ring (bicyclic) bond motifs is 1. The topological polar surface area (TPSA) is 87.9 Å². The van der Waals surface area contributed by atoms with Crippen LogP contribution in [-0.2, 0) is 4.74 Å². The molecule has 2 aromatic rings. The first kappa shape index (κ1) is 17.1. The number of urea groups is 1. The van der Waals surface area contributed by atoms with Crippen molar-refractivity contribution in [2.45, 2.75) is 13.8 Å². The number of piperazine rings is 1. The molecule has 134 valence electrons. The summed E-state index contributed by atoms with van der Waals surface area (Å²) in [7, 11) is 0. The van der Waals surface area contributed by atoms with E-state index in [1.807, 2.05) is 32.0 Å². The number of hydrogen-bond acceptors (Lipinski definition) is 5. The summed E-state index contributed by atoms with van der Waals surface area (Å²) in [5, 5.41) is 7.42. The van der Waals surface area contributed by atoms with Crippen molar-refractivity contribution in [2.24, 2.45) is 5.92 Å². The number of hydrogen-bond donors (Lipinski definition) is 1. The van der Waals surface area contributed by atoms with E-state index >= 15 is 0 Å². The highest BCUT2D eigenvalue weighted by Crippen LogP contribution is 2.22. The van der Waals surface area contributed by atoms with Crippen LogP contribution < -0.4 is 5.32 Å². The zero-order chi connectivity index (χ0) is 17.8. The molecule has 0 bridgehead atoms. The molecule has 1 aromatic carbocycles. The lowest BCUT2D eigenvalue weighted by molar-refractivity contribution is 0.0753. The average molecular weight is 346 g/mol. The van der Waals surface area contributed by atoms with Crippen LogP contribution in [0.3, 0.4) is 0 Å². The Kier molecular flexibility index (Phi) is 5.06. The van der Waals surface area contributed by atoms with E-state index in [2.05, 4.69) is 10.5 Å². The Labute approximate surface area is 145 Å². The first-order valence-electron chi connectivity index (χ1n) is 8.36. The number of aromatic nitrogens is 1. The van der Waals surface area contributed by atoms with Crippen molar-refractivity contribution in [1.29, 1.82) is 0 Å². The predicted molar refractivity (Wildman–Crippen MR) is 92.4 cm³/mol. The molecular weight excluding hydrogens is 324 g/mol. The minimum absolute atomic E-state index is 0.255. The minimum atomic E-state index is -0.323. The number of rotatable bonds is 3. The summed E-state index contributed by atoms with van der Waals surface area (Å²) in [4.78, 5) is 27.6. The van der Waals surface area contributed by atoms with Gasteiger partial charge in [-0.2, -0.15) is 0 Å². The van der Waals surface area contributed by atoms with E-state index in [-0.39, 0.29) is 12.1 Å². The Bertz CT molecular complexity index is 750. The number of anilines is 1. The summed E-state index contributed by atoms with van der Waals surface area (Å²) in [6, 6.07) is 7.08. The highest BCUT2D eigenvalue weighted by Gasteiger charge is 2.26. The molecule has 0 unspecified atom stereocenters. The van der Waals surface area contributed by atoms with Crippen LogP contribution in [0.25, 0.3) is 11.0 Å². The van der Waals surface area contributed by atoms with Crippen LogP contribution in [0.5, 0.6) is 0 Å². The van der Waals surface area contributed by atoms with Gasteiger partial charge in [0.15, 0.2) is 11.4 Å². The molecule has 0 atom stereocenters. The molecule has 1 saturated heterocycles. The summed E-state index contributed by atoms with van der Waals surface area (Å²) >= 11 is 0. The normalized spacial score (nSPS) is 14.8. The van der Waals surface area contributed by atoms with Crippen LogP contribution >= 0.6 is 0 Å². The molecule has 1 fully saturated rings. The third-order valence-corrected chi connectivity index (χ3v) is 3.97. The second kappa shape index (κ2) is 7.42. The van der Waals surface area contributed by atoms with Gasteiger partial charge < -0.3 is 19.1 Å². The van der Waals surface area contributed by atoms with Gasteiger partial charge in [-0.1, -0.05) is 31.1 Å². The minimum Gasteiger partial charge on any atom is -0.449 e. The van der Waals surface area contributed by atoms with E-state index in [1.165, 1.54) is 0 Å². The number of carbonyl (C=O) groups is 2. The van der Waals surface area contributed by atoms with Gasteiger partial charge in [-0.25, -0.2) is 9.59 Å². The van der Waals surface area contributed by atoms with Gasteiger partial charge in [0, 0.05) is 26.2 Å². The van der Waals surface area contributed by atoms with Gasteiger partial charge >= 0.3 is 12.1 Å². The fourth-order valence-corrected chi connectivity index (χ4v) is 2.58. The molecule has 3 rings (SSSR count). The van der Waals surface area contributed by atoms with Gasteiger partial charge in [-0.15, -0.1) is 0 Å². The lowest BCUT2D eigenvalue weighted by Crippen LogP contribution is -2.51. The van der Waals surface area contributed by atoms with Crippen molar-refractivity contribution in [3.05, 3.63) is 24.3 Å². The fourth-order valence-electron chi connectivity index (χ4n) is 2.58. The number of nitrogens with one attached hydrogen (secondary N) is 1. The van der Waals surface area contributed by atoms with Crippen LogP contribution in [0, 0.1) is 5.92 Å². The Hall–Kier alpha value is -2.77. The van der Waals surface area contributed by atoms with E-state index < -0.39 is 0 Å². The third-order valence-electron chi connectivity index (χ3n) is 3.97. The van der Waals surface area contributed by atoms with E-state index in [9.17, 15) is 9.59 Å². The van der Waals surface area contributed by atoms with Gasteiger partial charge in [0.05, 0.1) is 12.0 Å². The Morgan fingerprint density at radius 1 is 1.20 bits per heavy atom. The number of carbonyl (C=O) groups excluding carboxylic acids is 2. The molecule has 1 aromatic heterocycles. The quantitative estimate of drug-likeness (QED) is 0.923. The highest BCUT2D eigenvalue weighted by molar-refractivity contribution is 5.98. The van der Waals surface area contributed by atoms with Crippen molar-refractivity contribution < 1.29 is 18.8 Å². The molecule has 8 heteroatoms. The second-order valence-corrected chi connectivity index (χ2v) is 6.40. The van der Waals surface area contributed by atoms with Crippen molar-refractivity contribution in [2.75, 3.05) is 38.1 Å². The number of ether oxygens (including phenoxy) is 1. The number of nitrogens with zero attached hydrogens (tertiary/aromatic N) is 3. The van der Waals surface area contributed by atoms with Gasteiger partial charge in [0.25, 0.3) is 0 Å². The number of amides is 3. The molecule has 1 N–H and O–H groups in total. The molecule has 8 nitrogen and oxygen atoms in total. The molecule has 0 spiro atoms. The summed E-state index contributed by atoms with van der Waals surface area (Å²) < 4.78 is 10.4. The lowest BCUT2D eigenvalue weighted by Gasteiger charge is -2.34. The van der Waals surface area contributed by atoms with Crippen LogP contribution in [0.2, 0.25) is 0 Å². The Morgan fingerprint density at radius 3 is 2.60 bits per heavy atom. The highest BCUT2D eigenvalue weighted by atomic mass is 16.6. The Balaban J connectivity index is 1.52. The van der Waals surface area contributed by atoms with Gasteiger partial charge in [0.2, 0.25) is 0 Å². The zero-order valence-corrected chi connectivity index (χ0v) is 14.4. The van der Waals surface area contributed by atoms with E-state index in [0.29, 0.717) is 50.1 Å². The molecule has 0 aliphatic carbocycles. The summed E-state index contributed by atoms with van der Waals surface area (Å²) in [6.45, 7) is 6.16. The van der Waals surface area contributed by atoms with Crippen molar-refractivity contribution in [1.82, 2.24) is 15.0 Å². The molecule has 1 aliphatic rings. The maximum Gasteiger partial charge on any atom is 0.409 e. The SMILES string of the molecule is CC(C)COC(=O)N1CCN(C(=O)Nc2noc3ccccc23)CC1. The van der Waals surface area contributed by atoms with Crippen molar-refractivity contribution >= 4 is 28.9 Å². The van der Waals surface area contributed by atoms with Crippen LogP contribution in [-0.4, -0.2) is 59.9 Å². The van der Waals surface area contributed by atoms with Gasteiger partial charge in [0.1, 0.15) is 0 Å². The van der Waals surface area contributed by atoms with E-state index in [4.69, 9.17) is 9.26 Å². The van der Waals surface area contributed by atoms with E-state index in [1.54, 1.807) is 15.9 Å². The molecule has 0 saturated carbocycles. The van der Waals surface area contributed by atoms with Gasteiger partial charge in [-0.05, 0) is 18.1 Å². The predicted octanol–water partition coefficient (Wildman–Crippen LogP) is 2.77.